The first-order valence-electron chi connectivity index (χ1n) is 4.68. The van der Waals surface area contributed by atoms with Gasteiger partial charge in [0.2, 0.25) is 0 Å². The molecule has 1 N–H and O–H groups in total. The molecule has 1 rings (SSSR count). The number of thiophene rings is 1. The minimum absolute atomic E-state index is 0.184. The quantitative estimate of drug-likeness (QED) is 0.785. The van der Waals surface area contributed by atoms with E-state index in [4.69, 9.17) is 9.84 Å². The molecule has 1 aromatic heterocycles. The lowest BCUT2D eigenvalue weighted by molar-refractivity contribution is -0.131. The van der Waals surface area contributed by atoms with Crippen molar-refractivity contribution >= 4 is 23.4 Å². The molecule has 0 amide bonds. The lowest BCUT2D eigenvalue weighted by atomic mass is 10.2. The zero-order chi connectivity index (χ0) is 11.3. The summed E-state index contributed by atoms with van der Waals surface area (Å²) in [6.07, 6.45) is 2.92. The van der Waals surface area contributed by atoms with Crippen molar-refractivity contribution < 1.29 is 14.6 Å². The van der Waals surface area contributed by atoms with E-state index in [0.717, 1.165) is 16.5 Å². The van der Waals surface area contributed by atoms with Crippen molar-refractivity contribution in [2.75, 3.05) is 0 Å². The first kappa shape index (κ1) is 11.9. The van der Waals surface area contributed by atoms with Gasteiger partial charge in [-0.25, -0.2) is 4.79 Å². The van der Waals surface area contributed by atoms with E-state index in [1.165, 1.54) is 0 Å². The number of hydrogen-bond acceptors (Lipinski definition) is 3. The number of carboxylic acids is 1. The van der Waals surface area contributed by atoms with Crippen LogP contribution in [0.1, 0.15) is 24.3 Å². The number of ether oxygens (including phenoxy) is 1. The van der Waals surface area contributed by atoms with Crippen LogP contribution in [0.2, 0.25) is 0 Å². The Hall–Kier alpha value is -1.13. The van der Waals surface area contributed by atoms with Gasteiger partial charge < -0.3 is 9.84 Å². The highest BCUT2D eigenvalue weighted by molar-refractivity contribution is 7.10. The summed E-state index contributed by atoms with van der Waals surface area (Å²) in [5, 5.41) is 10.4. The maximum atomic E-state index is 10.4. The Kier molecular flexibility index (Phi) is 4.52. The Balaban J connectivity index is 2.65. The average Bonchev–Trinajstić information content (AvgIpc) is 2.58. The van der Waals surface area contributed by atoms with E-state index in [2.05, 4.69) is 0 Å². The van der Waals surface area contributed by atoms with Gasteiger partial charge in [0.1, 0.15) is 0 Å². The van der Waals surface area contributed by atoms with Gasteiger partial charge in [-0.2, -0.15) is 0 Å². The zero-order valence-electron chi connectivity index (χ0n) is 8.77. The second-order valence-corrected chi connectivity index (χ2v) is 4.33. The van der Waals surface area contributed by atoms with Crippen molar-refractivity contribution in [3.63, 3.8) is 0 Å². The number of carboxylic acid groups (broad SMARTS) is 1. The Labute approximate surface area is 93.0 Å². The number of carbonyl (C=O) groups is 1. The molecular weight excluding hydrogens is 212 g/mol. The second kappa shape index (κ2) is 5.68. The van der Waals surface area contributed by atoms with Gasteiger partial charge >= 0.3 is 5.97 Å². The smallest absolute Gasteiger partial charge is 0.328 e. The Morgan fingerprint density at radius 3 is 3.00 bits per heavy atom. The third-order valence-corrected chi connectivity index (χ3v) is 2.64. The standard InChI is InChI=1S/C11H14O3S/c1-8(2)14-7-10-9(5-6-15-10)3-4-11(12)13/h3-6,8H,7H2,1-2H3,(H,12,13). The SMILES string of the molecule is CC(C)OCc1sccc1C=CC(=O)O. The van der Waals surface area contributed by atoms with Crippen LogP contribution in [-0.2, 0) is 16.1 Å². The molecule has 1 heterocycles. The molecule has 1 aromatic rings. The largest absolute Gasteiger partial charge is 0.478 e. The molecule has 0 aromatic carbocycles. The van der Waals surface area contributed by atoms with Crippen LogP contribution in [0.25, 0.3) is 6.08 Å². The molecule has 0 aliphatic heterocycles. The van der Waals surface area contributed by atoms with Crippen molar-refractivity contribution in [1.29, 1.82) is 0 Å². The fourth-order valence-corrected chi connectivity index (χ4v) is 1.81. The summed E-state index contributed by atoms with van der Waals surface area (Å²) < 4.78 is 5.46. The maximum absolute atomic E-state index is 10.4. The summed E-state index contributed by atoms with van der Waals surface area (Å²) in [7, 11) is 0. The fraction of sp³-hybridized carbons (Fsp3) is 0.364. The number of rotatable bonds is 5. The molecule has 15 heavy (non-hydrogen) atoms. The highest BCUT2D eigenvalue weighted by Crippen LogP contribution is 2.19. The van der Waals surface area contributed by atoms with Gasteiger partial charge in [0.05, 0.1) is 12.7 Å². The molecular formula is C11H14O3S. The minimum atomic E-state index is -0.933. The van der Waals surface area contributed by atoms with Gasteiger partial charge in [-0.15, -0.1) is 11.3 Å². The predicted molar refractivity (Wildman–Crippen MR) is 60.9 cm³/mol. The third kappa shape index (κ3) is 4.27. The van der Waals surface area contributed by atoms with Crippen molar-refractivity contribution in [3.8, 4) is 0 Å². The zero-order valence-corrected chi connectivity index (χ0v) is 9.58. The molecule has 4 heteroatoms. The topological polar surface area (TPSA) is 46.5 Å². The van der Waals surface area contributed by atoms with Gasteiger partial charge in [-0.05, 0) is 36.9 Å². The van der Waals surface area contributed by atoms with Gasteiger partial charge in [-0.1, -0.05) is 0 Å². The molecule has 82 valence electrons. The summed E-state index contributed by atoms with van der Waals surface area (Å²) in [6.45, 7) is 4.48. The van der Waals surface area contributed by atoms with E-state index in [0.29, 0.717) is 6.61 Å². The molecule has 0 radical (unpaired) electrons. The van der Waals surface area contributed by atoms with E-state index in [9.17, 15) is 4.79 Å². The highest BCUT2D eigenvalue weighted by Gasteiger charge is 2.03. The van der Waals surface area contributed by atoms with Crippen LogP contribution in [0, 0.1) is 0 Å². The molecule has 0 unspecified atom stereocenters. The lowest BCUT2D eigenvalue weighted by Gasteiger charge is -2.06. The highest BCUT2D eigenvalue weighted by atomic mass is 32.1. The van der Waals surface area contributed by atoms with Crippen molar-refractivity contribution in [2.45, 2.75) is 26.6 Å². The molecule has 0 aliphatic rings. The molecule has 0 saturated heterocycles. The van der Waals surface area contributed by atoms with Crippen LogP contribution in [0.15, 0.2) is 17.5 Å². The average molecular weight is 226 g/mol. The first-order valence-corrected chi connectivity index (χ1v) is 5.56. The lowest BCUT2D eigenvalue weighted by Crippen LogP contribution is -2.01. The van der Waals surface area contributed by atoms with Gasteiger partial charge in [0.25, 0.3) is 0 Å². The van der Waals surface area contributed by atoms with Crippen molar-refractivity contribution in [3.05, 3.63) is 28.0 Å². The van der Waals surface area contributed by atoms with Crippen LogP contribution in [0.4, 0.5) is 0 Å². The van der Waals surface area contributed by atoms with Crippen LogP contribution < -0.4 is 0 Å². The summed E-state index contributed by atoms with van der Waals surface area (Å²) in [6, 6.07) is 1.89. The van der Waals surface area contributed by atoms with E-state index < -0.39 is 5.97 Å². The Bertz CT molecular complexity index is 352. The molecule has 0 atom stereocenters. The van der Waals surface area contributed by atoms with E-state index in [1.54, 1.807) is 17.4 Å². The molecule has 0 bridgehead atoms. The molecule has 3 nitrogen and oxygen atoms in total. The van der Waals surface area contributed by atoms with Crippen LogP contribution >= 0.6 is 11.3 Å². The van der Waals surface area contributed by atoms with E-state index >= 15 is 0 Å². The fourth-order valence-electron chi connectivity index (χ4n) is 1.02. The molecule has 0 fully saturated rings. The van der Waals surface area contributed by atoms with Crippen LogP contribution in [-0.4, -0.2) is 17.2 Å². The Morgan fingerprint density at radius 1 is 1.67 bits per heavy atom. The van der Waals surface area contributed by atoms with E-state index in [-0.39, 0.29) is 6.10 Å². The van der Waals surface area contributed by atoms with Gasteiger partial charge in [-0.3, -0.25) is 0 Å². The first-order chi connectivity index (χ1) is 7.09. The van der Waals surface area contributed by atoms with Crippen molar-refractivity contribution in [2.24, 2.45) is 0 Å². The summed E-state index contributed by atoms with van der Waals surface area (Å²) in [5.74, 6) is -0.933. The summed E-state index contributed by atoms with van der Waals surface area (Å²) in [4.78, 5) is 11.4. The third-order valence-electron chi connectivity index (χ3n) is 1.73. The van der Waals surface area contributed by atoms with E-state index in [1.807, 2.05) is 25.3 Å². The Morgan fingerprint density at radius 2 is 2.40 bits per heavy atom. The van der Waals surface area contributed by atoms with Crippen molar-refractivity contribution in [1.82, 2.24) is 0 Å². The minimum Gasteiger partial charge on any atom is -0.478 e. The molecule has 0 spiro atoms. The van der Waals surface area contributed by atoms with Gasteiger partial charge in [0, 0.05) is 11.0 Å². The monoisotopic (exact) mass is 226 g/mol. The number of hydrogen-bond donors (Lipinski definition) is 1. The summed E-state index contributed by atoms with van der Waals surface area (Å²) in [5.41, 5.74) is 0.919. The van der Waals surface area contributed by atoms with Crippen LogP contribution in [0.3, 0.4) is 0 Å². The predicted octanol–water partition coefficient (Wildman–Crippen LogP) is 2.77. The molecule has 0 saturated carbocycles. The number of aliphatic carboxylic acids is 1. The maximum Gasteiger partial charge on any atom is 0.328 e. The summed E-state index contributed by atoms with van der Waals surface area (Å²) >= 11 is 1.57. The second-order valence-electron chi connectivity index (χ2n) is 3.33. The normalized spacial score (nSPS) is 11.4. The van der Waals surface area contributed by atoms with Gasteiger partial charge in [0.15, 0.2) is 0 Å². The molecule has 0 aliphatic carbocycles. The van der Waals surface area contributed by atoms with Crippen LogP contribution in [0.5, 0.6) is 0 Å².